The van der Waals surface area contributed by atoms with E-state index in [1.807, 2.05) is 12.1 Å². The first-order valence-electron chi connectivity index (χ1n) is 7.54. The molecule has 0 spiro atoms. The third-order valence-electron chi connectivity index (χ3n) is 3.68. The Morgan fingerprint density at radius 3 is 2.87 bits per heavy atom. The fourth-order valence-electron chi connectivity index (χ4n) is 2.45. The second kappa shape index (κ2) is 7.19. The summed E-state index contributed by atoms with van der Waals surface area (Å²) < 4.78 is 18.5. The fourth-order valence-corrected chi connectivity index (χ4v) is 2.45. The minimum absolute atomic E-state index is 0.297. The number of carbonyl (C=O) groups is 1. The Bertz CT molecular complexity index is 687. The SMILES string of the molecule is O=C(NCc1ccnc(N2CCOCC2)c1)c1cccc(F)c1. The van der Waals surface area contributed by atoms with E-state index in [2.05, 4.69) is 15.2 Å². The number of amides is 1. The monoisotopic (exact) mass is 315 g/mol. The number of carbonyl (C=O) groups excluding carboxylic acids is 1. The lowest BCUT2D eigenvalue weighted by molar-refractivity contribution is 0.0950. The van der Waals surface area contributed by atoms with E-state index >= 15 is 0 Å². The van der Waals surface area contributed by atoms with Gasteiger partial charge >= 0.3 is 0 Å². The number of benzene rings is 1. The van der Waals surface area contributed by atoms with Crippen LogP contribution in [0.3, 0.4) is 0 Å². The molecule has 0 atom stereocenters. The Labute approximate surface area is 134 Å². The molecule has 23 heavy (non-hydrogen) atoms. The van der Waals surface area contributed by atoms with Crippen LogP contribution in [0.25, 0.3) is 0 Å². The van der Waals surface area contributed by atoms with E-state index < -0.39 is 5.82 Å². The number of nitrogens with one attached hydrogen (secondary N) is 1. The van der Waals surface area contributed by atoms with Crippen molar-refractivity contribution < 1.29 is 13.9 Å². The number of rotatable bonds is 4. The first-order chi connectivity index (χ1) is 11.2. The highest BCUT2D eigenvalue weighted by molar-refractivity contribution is 5.94. The first kappa shape index (κ1) is 15.4. The highest BCUT2D eigenvalue weighted by Crippen LogP contribution is 2.14. The van der Waals surface area contributed by atoms with Crippen molar-refractivity contribution in [2.24, 2.45) is 0 Å². The molecule has 2 heterocycles. The minimum Gasteiger partial charge on any atom is -0.378 e. The Morgan fingerprint density at radius 1 is 1.26 bits per heavy atom. The Balaban J connectivity index is 1.63. The van der Waals surface area contributed by atoms with Gasteiger partial charge in [0.1, 0.15) is 11.6 Å². The van der Waals surface area contributed by atoms with Crippen LogP contribution in [0.1, 0.15) is 15.9 Å². The molecular weight excluding hydrogens is 297 g/mol. The van der Waals surface area contributed by atoms with Gasteiger partial charge in [-0.15, -0.1) is 0 Å². The van der Waals surface area contributed by atoms with E-state index in [0.717, 1.165) is 24.5 Å². The standard InChI is InChI=1S/C17H18FN3O2/c18-15-3-1-2-14(11-15)17(22)20-12-13-4-5-19-16(10-13)21-6-8-23-9-7-21/h1-5,10-11H,6-9,12H2,(H,20,22). The molecule has 1 fully saturated rings. The van der Waals surface area contributed by atoms with Gasteiger partial charge in [-0.2, -0.15) is 0 Å². The van der Waals surface area contributed by atoms with Gasteiger partial charge < -0.3 is 15.0 Å². The topological polar surface area (TPSA) is 54.5 Å². The third kappa shape index (κ3) is 4.04. The van der Waals surface area contributed by atoms with Crippen LogP contribution in [0.4, 0.5) is 10.2 Å². The van der Waals surface area contributed by atoms with E-state index in [-0.39, 0.29) is 5.91 Å². The summed E-state index contributed by atoms with van der Waals surface area (Å²) in [5.74, 6) is 0.163. The molecule has 0 unspecified atom stereocenters. The van der Waals surface area contributed by atoms with Gasteiger partial charge in [0.2, 0.25) is 0 Å². The molecule has 1 aliphatic heterocycles. The van der Waals surface area contributed by atoms with Crippen LogP contribution in [-0.2, 0) is 11.3 Å². The zero-order chi connectivity index (χ0) is 16.1. The Morgan fingerprint density at radius 2 is 2.09 bits per heavy atom. The van der Waals surface area contributed by atoms with Crippen LogP contribution in [0.15, 0.2) is 42.6 Å². The molecular formula is C17H18FN3O2. The molecule has 1 aliphatic rings. The summed E-state index contributed by atoms with van der Waals surface area (Å²) in [5, 5.41) is 2.80. The number of hydrogen-bond donors (Lipinski definition) is 1. The van der Waals surface area contributed by atoms with Crippen molar-refractivity contribution >= 4 is 11.7 Å². The molecule has 120 valence electrons. The molecule has 1 amide bonds. The van der Waals surface area contributed by atoms with Crippen molar-refractivity contribution in [1.82, 2.24) is 10.3 Å². The van der Waals surface area contributed by atoms with Crippen molar-refractivity contribution in [1.29, 1.82) is 0 Å². The van der Waals surface area contributed by atoms with Crippen molar-refractivity contribution in [3.8, 4) is 0 Å². The molecule has 0 saturated carbocycles. The predicted molar refractivity (Wildman–Crippen MR) is 84.8 cm³/mol. The second-order valence-corrected chi connectivity index (χ2v) is 5.31. The number of ether oxygens (including phenoxy) is 1. The number of pyridine rings is 1. The fraction of sp³-hybridized carbons (Fsp3) is 0.294. The lowest BCUT2D eigenvalue weighted by Crippen LogP contribution is -2.36. The zero-order valence-corrected chi connectivity index (χ0v) is 12.7. The van der Waals surface area contributed by atoms with Gasteiger partial charge in [-0.25, -0.2) is 9.37 Å². The zero-order valence-electron chi connectivity index (χ0n) is 12.7. The molecule has 0 bridgehead atoms. The van der Waals surface area contributed by atoms with E-state index in [0.29, 0.717) is 25.3 Å². The first-order valence-corrected chi connectivity index (χ1v) is 7.54. The van der Waals surface area contributed by atoms with Crippen LogP contribution < -0.4 is 10.2 Å². The summed E-state index contributed by atoms with van der Waals surface area (Å²) in [6, 6.07) is 9.46. The Kier molecular flexibility index (Phi) is 4.83. The van der Waals surface area contributed by atoms with Crippen molar-refractivity contribution in [3.05, 3.63) is 59.5 Å². The van der Waals surface area contributed by atoms with Crippen LogP contribution in [0.2, 0.25) is 0 Å². The summed E-state index contributed by atoms with van der Waals surface area (Å²) in [4.78, 5) is 18.6. The maximum Gasteiger partial charge on any atom is 0.251 e. The maximum absolute atomic E-state index is 13.1. The largest absolute Gasteiger partial charge is 0.378 e. The molecule has 3 rings (SSSR count). The molecule has 6 heteroatoms. The van der Waals surface area contributed by atoms with Crippen molar-refractivity contribution in [2.75, 3.05) is 31.2 Å². The lowest BCUT2D eigenvalue weighted by Gasteiger charge is -2.28. The van der Waals surface area contributed by atoms with E-state index in [9.17, 15) is 9.18 Å². The molecule has 0 radical (unpaired) electrons. The second-order valence-electron chi connectivity index (χ2n) is 5.31. The van der Waals surface area contributed by atoms with Gasteiger partial charge in [-0.3, -0.25) is 4.79 Å². The average molecular weight is 315 g/mol. The van der Waals surface area contributed by atoms with Crippen LogP contribution in [-0.4, -0.2) is 37.2 Å². The summed E-state index contributed by atoms with van der Waals surface area (Å²) >= 11 is 0. The molecule has 1 aromatic carbocycles. The molecule has 0 aliphatic carbocycles. The van der Waals surface area contributed by atoms with Gasteiger partial charge in [-0.1, -0.05) is 6.07 Å². The van der Waals surface area contributed by atoms with Gasteiger partial charge in [0.25, 0.3) is 5.91 Å². The van der Waals surface area contributed by atoms with E-state index in [1.54, 1.807) is 12.3 Å². The Hall–Kier alpha value is -2.47. The maximum atomic E-state index is 13.1. The van der Waals surface area contributed by atoms with E-state index in [1.165, 1.54) is 18.2 Å². The molecule has 1 aromatic heterocycles. The van der Waals surface area contributed by atoms with Crippen LogP contribution >= 0.6 is 0 Å². The summed E-state index contributed by atoms with van der Waals surface area (Å²) in [5.41, 5.74) is 1.26. The summed E-state index contributed by atoms with van der Waals surface area (Å²) in [7, 11) is 0. The third-order valence-corrected chi connectivity index (χ3v) is 3.68. The van der Waals surface area contributed by atoms with E-state index in [4.69, 9.17) is 4.74 Å². The summed E-state index contributed by atoms with van der Waals surface area (Å²) in [6.45, 7) is 3.39. The quantitative estimate of drug-likeness (QED) is 0.937. The van der Waals surface area contributed by atoms with Crippen LogP contribution in [0, 0.1) is 5.82 Å². The van der Waals surface area contributed by atoms with Crippen molar-refractivity contribution in [3.63, 3.8) is 0 Å². The van der Waals surface area contributed by atoms with Crippen molar-refractivity contribution in [2.45, 2.75) is 6.54 Å². The molecule has 1 N–H and O–H groups in total. The van der Waals surface area contributed by atoms with Gasteiger partial charge in [0, 0.05) is 31.4 Å². The smallest absolute Gasteiger partial charge is 0.251 e. The number of morpholine rings is 1. The summed E-state index contributed by atoms with van der Waals surface area (Å²) in [6.07, 6.45) is 1.73. The average Bonchev–Trinajstić information content (AvgIpc) is 2.61. The minimum atomic E-state index is -0.420. The number of halogens is 1. The number of anilines is 1. The predicted octanol–water partition coefficient (Wildman–Crippen LogP) is 1.99. The number of hydrogen-bond acceptors (Lipinski definition) is 4. The van der Waals surface area contributed by atoms with Gasteiger partial charge in [0.05, 0.1) is 13.2 Å². The highest BCUT2D eigenvalue weighted by atomic mass is 19.1. The number of nitrogens with zero attached hydrogens (tertiary/aromatic N) is 2. The normalized spacial score (nSPS) is 14.6. The lowest BCUT2D eigenvalue weighted by atomic mass is 10.2. The molecule has 5 nitrogen and oxygen atoms in total. The molecule has 1 saturated heterocycles. The number of aromatic nitrogens is 1. The highest BCUT2D eigenvalue weighted by Gasteiger charge is 2.13. The van der Waals surface area contributed by atoms with Gasteiger partial charge in [-0.05, 0) is 35.9 Å². The van der Waals surface area contributed by atoms with Gasteiger partial charge in [0.15, 0.2) is 0 Å². The van der Waals surface area contributed by atoms with Crippen LogP contribution in [0.5, 0.6) is 0 Å². The molecule has 2 aromatic rings.